The van der Waals surface area contributed by atoms with Gasteiger partial charge in [-0.2, -0.15) is 0 Å². The summed E-state index contributed by atoms with van der Waals surface area (Å²) in [5.74, 6) is 0.352. The summed E-state index contributed by atoms with van der Waals surface area (Å²) in [6.07, 6.45) is 3.12. The fourth-order valence-electron chi connectivity index (χ4n) is 4.15. The van der Waals surface area contributed by atoms with Gasteiger partial charge in [-0.3, -0.25) is 13.9 Å². The van der Waals surface area contributed by atoms with E-state index in [-0.39, 0.29) is 12.5 Å². The first-order chi connectivity index (χ1) is 19.1. The molecule has 3 rings (SSSR count). The Morgan fingerprint density at radius 1 is 0.925 bits per heavy atom. The summed E-state index contributed by atoms with van der Waals surface area (Å²) in [7, 11) is -3.85. The number of hydrogen-bond donors (Lipinski definition) is 1. The molecule has 8 nitrogen and oxygen atoms in total. The van der Waals surface area contributed by atoms with Gasteiger partial charge in [0.15, 0.2) is 0 Å². The van der Waals surface area contributed by atoms with Crippen molar-refractivity contribution in [1.29, 1.82) is 0 Å². The number of amides is 2. The van der Waals surface area contributed by atoms with Crippen LogP contribution >= 0.6 is 11.6 Å². The fraction of sp³-hybridized carbons (Fsp3) is 0.333. The van der Waals surface area contributed by atoms with Crippen LogP contribution in [-0.2, 0) is 26.2 Å². The van der Waals surface area contributed by atoms with Crippen LogP contribution in [0.2, 0.25) is 5.02 Å². The van der Waals surface area contributed by atoms with Gasteiger partial charge in [-0.1, -0.05) is 68.3 Å². The lowest BCUT2D eigenvalue weighted by atomic mass is 10.1. The number of hydrogen-bond acceptors (Lipinski definition) is 5. The number of halogens is 1. The van der Waals surface area contributed by atoms with Crippen molar-refractivity contribution >= 4 is 39.1 Å². The molecule has 3 aromatic rings. The van der Waals surface area contributed by atoms with E-state index in [9.17, 15) is 18.0 Å². The molecule has 10 heteroatoms. The van der Waals surface area contributed by atoms with E-state index >= 15 is 0 Å². The van der Waals surface area contributed by atoms with Crippen molar-refractivity contribution in [3.63, 3.8) is 0 Å². The van der Waals surface area contributed by atoms with Crippen molar-refractivity contribution in [1.82, 2.24) is 10.2 Å². The average Bonchev–Trinajstić information content (AvgIpc) is 2.93. The van der Waals surface area contributed by atoms with Gasteiger partial charge in [-0.15, -0.1) is 0 Å². The van der Waals surface area contributed by atoms with Crippen LogP contribution in [-0.4, -0.2) is 50.5 Å². The summed E-state index contributed by atoms with van der Waals surface area (Å²) in [5.41, 5.74) is 0.958. The number of carbonyl (C=O) groups is 2. The highest BCUT2D eigenvalue weighted by Gasteiger charge is 2.32. The van der Waals surface area contributed by atoms with Gasteiger partial charge in [-0.05, 0) is 60.9 Å². The van der Waals surface area contributed by atoms with E-state index in [1.807, 2.05) is 44.2 Å². The summed E-state index contributed by atoms with van der Waals surface area (Å²) in [6, 6.07) is 21.9. The molecule has 0 saturated carbocycles. The Bertz CT molecular complexity index is 1370. The molecule has 0 radical (unpaired) electrons. The number of benzene rings is 3. The Hall–Kier alpha value is -3.56. The lowest BCUT2D eigenvalue weighted by Gasteiger charge is -2.33. The molecule has 0 fully saturated rings. The smallest absolute Gasteiger partial charge is 0.244 e. The van der Waals surface area contributed by atoms with E-state index in [0.29, 0.717) is 40.7 Å². The second-order valence-electron chi connectivity index (χ2n) is 9.36. The van der Waals surface area contributed by atoms with E-state index in [1.165, 1.54) is 4.90 Å². The molecule has 3 aromatic carbocycles. The van der Waals surface area contributed by atoms with Crippen molar-refractivity contribution in [2.45, 2.75) is 45.7 Å². The molecular weight excluding hydrogens is 550 g/mol. The maximum Gasteiger partial charge on any atom is 0.244 e. The Kier molecular flexibility index (Phi) is 11.4. The minimum absolute atomic E-state index is 0.0552. The Morgan fingerprint density at radius 2 is 1.55 bits per heavy atom. The molecule has 0 aromatic heterocycles. The second kappa shape index (κ2) is 14.7. The molecule has 1 atom stereocenters. The van der Waals surface area contributed by atoms with Crippen LogP contribution in [0.3, 0.4) is 0 Å². The largest absolute Gasteiger partial charge is 0.457 e. The molecule has 0 aliphatic heterocycles. The fourth-order valence-corrected chi connectivity index (χ4v) is 5.20. The van der Waals surface area contributed by atoms with Gasteiger partial charge in [0.25, 0.3) is 0 Å². The Morgan fingerprint density at radius 3 is 2.15 bits per heavy atom. The highest BCUT2D eigenvalue weighted by Crippen LogP contribution is 2.26. The molecule has 0 spiro atoms. The SMILES string of the molecule is CCCCNC(=O)[C@H](CC)N(Cc1ccccc1Cl)C(=O)CN(c1ccc(Oc2ccccc2)cc1)S(C)(=O)=O. The molecular formula is C30H36ClN3O5S. The van der Waals surface area contributed by atoms with Crippen molar-refractivity contribution < 1.29 is 22.7 Å². The Balaban J connectivity index is 1.88. The van der Waals surface area contributed by atoms with Crippen LogP contribution in [0.25, 0.3) is 0 Å². The predicted molar refractivity (Wildman–Crippen MR) is 159 cm³/mol. The zero-order valence-corrected chi connectivity index (χ0v) is 24.6. The van der Waals surface area contributed by atoms with Gasteiger partial charge >= 0.3 is 0 Å². The number of para-hydroxylation sites is 1. The minimum Gasteiger partial charge on any atom is -0.457 e. The number of sulfonamides is 1. The van der Waals surface area contributed by atoms with Gasteiger partial charge in [0, 0.05) is 18.1 Å². The van der Waals surface area contributed by atoms with Crippen LogP contribution < -0.4 is 14.4 Å². The number of ether oxygens (including phenoxy) is 1. The van der Waals surface area contributed by atoms with Crippen molar-refractivity contribution in [2.24, 2.45) is 0 Å². The van der Waals surface area contributed by atoms with Crippen molar-refractivity contribution in [3.8, 4) is 11.5 Å². The van der Waals surface area contributed by atoms with Crippen LogP contribution in [0.1, 0.15) is 38.7 Å². The van der Waals surface area contributed by atoms with E-state index < -0.39 is 28.5 Å². The zero-order valence-electron chi connectivity index (χ0n) is 23.0. The maximum absolute atomic E-state index is 13.8. The number of carbonyl (C=O) groups excluding carboxylic acids is 2. The standard InChI is InChI=1S/C30H36ClN3O5S/c1-4-6-20-32-30(36)28(5-2)33(21-23-12-10-11-15-27(23)31)29(35)22-34(40(3,37)38)24-16-18-26(19-17-24)39-25-13-8-7-9-14-25/h7-19,28H,4-6,20-22H2,1-3H3,(H,32,36)/t28-/m0/s1. The number of nitrogens with one attached hydrogen (secondary N) is 1. The van der Waals surface area contributed by atoms with E-state index in [0.717, 1.165) is 23.4 Å². The number of rotatable bonds is 14. The predicted octanol–water partition coefficient (Wildman–Crippen LogP) is 5.62. The molecule has 0 saturated heterocycles. The first-order valence-corrected chi connectivity index (χ1v) is 15.5. The number of unbranched alkanes of at least 4 members (excludes halogenated alkanes) is 1. The highest BCUT2D eigenvalue weighted by molar-refractivity contribution is 7.92. The zero-order chi connectivity index (χ0) is 29.1. The van der Waals surface area contributed by atoms with Gasteiger partial charge in [0.2, 0.25) is 21.8 Å². The van der Waals surface area contributed by atoms with E-state index in [4.69, 9.17) is 16.3 Å². The molecule has 2 amide bonds. The lowest BCUT2D eigenvalue weighted by Crippen LogP contribution is -2.52. The molecule has 40 heavy (non-hydrogen) atoms. The summed E-state index contributed by atoms with van der Waals surface area (Å²) >= 11 is 6.39. The van der Waals surface area contributed by atoms with Crippen LogP contribution in [0, 0.1) is 0 Å². The first kappa shape index (κ1) is 31.0. The molecule has 0 aliphatic rings. The topological polar surface area (TPSA) is 96.0 Å². The molecule has 0 unspecified atom stereocenters. The first-order valence-electron chi connectivity index (χ1n) is 13.2. The number of anilines is 1. The molecule has 0 aliphatic carbocycles. The summed E-state index contributed by atoms with van der Waals surface area (Å²) in [6.45, 7) is 3.90. The average molecular weight is 586 g/mol. The molecule has 214 valence electrons. The highest BCUT2D eigenvalue weighted by atomic mass is 35.5. The molecule has 0 heterocycles. The van der Waals surface area contributed by atoms with Gasteiger partial charge in [0.1, 0.15) is 24.1 Å². The van der Waals surface area contributed by atoms with Gasteiger partial charge < -0.3 is 15.0 Å². The lowest BCUT2D eigenvalue weighted by molar-refractivity contribution is -0.140. The summed E-state index contributed by atoms with van der Waals surface area (Å²) in [5, 5.41) is 3.35. The Labute approximate surface area is 241 Å². The van der Waals surface area contributed by atoms with Gasteiger partial charge in [-0.25, -0.2) is 8.42 Å². The van der Waals surface area contributed by atoms with Gasteiger partial charge in [0.05, 0.1) is 11.9 Å². The van der Waals surface area contributed by atoms with Crippen molar-refractivity contribution in [3.05, 3.63) is 89.4 Å². The van der Waals surface area contributed by atoms with E-state index in [1.54, 1.807) is 48.5 Å². The van der Waals surface area contributed by atoms with Crippen LogP contribution in [0.4, 0.5) is 5.69 Å². The van der Waals surface area contributed by atoms with E-state index in [2.05, 4.69) is 5.32 Å². The summed E-state index contributed by atoms with van der Waals surface area (Å²) in [4.78, 5) is 28.3. The van der Waals surface area contributed by atoms with Crippen LogP contribution in [0.5, 0.6) is 11.5 Å². The maximum atomic E-state index is 13.8. The quantitative estimate of drug-likeness (QED) is 0.248. The molecule has 0 bridgehead atoms. The minimum atomic E-state index is -3.85. The normalized spacial score (nSPS) is 11.9. The van der Waals surface area contributed by atoms with Crippen molar-refractivity contribution in [2.75, 3.05) is 23.7 Å². The number of nitrogens with zero attached hydrogens (tertiary/aromatic N) is 2. The monoisotopic (exact) mass is 585 g/mol. The van der Waals surface area contributed by atoms with Crippen LogP contribution in [0.15, 0.2) is 78.9 Å². The third-order valence-corrected chi connectivity index (χ3v) is 7.81. The third kappa shape index (κ3) is 8.72. The molecule has 1 N–H and O–H groups in total. The second-order valence-corrected chi connectivity index (χ2v) is 11.7. The third-order valence-electron chi connectivity index (χ3n) is 6.30. The summed E-state index contributed by atoms with van der Waals surface area (Å²) < 4.78 is 32.5.